The smallest absolute Gasteiger partial charge is 0.347 e. The monoisotopic (exact) mass is 845 g/mol. The average Bonchev–Trinajstić information content (AvgIpc) is 3.30. The normalized spacial score (nSPS) is 16.6. The maximum atomic E-state index is 13.8. The number of piperidine rings is 2. The highest BCUT2D eigenvalue weighted by atomic mass is 16.5. The van der Waals surface area contributed by atoms with Crippen molar-refractivity contribution < 1.29 is 39.2 Å². The Kier molecular flexibility index (Phi) is 14.7. The van der Waals surface area contributed by atoms with Gasteiger partial charge in [-0.05, 0) is 98.1 Å². The lowest BCUT2D eigenvalue weighted by Gasteiger charge is -2.33. The lowest BCUT2D eigenvalue weighted by Crippen LogP contribution is -2.46. The van der Waals surface area contributed by atoms with Crippen LogP contribution < -0.4 is 20.9 Å². The highest BCUT2D eigenvalue weighted by Crippen LogP contribution is 2.34. The minimum absolute atomic E-state index is 0.0654. The molecule has 62 heavy (non-hydrogen) atoms. The first kappa shape index (κ1) is 44.0. The van der Waals surface area contributed by atoms with Gasteiger partial charge in [-0.25, -0.2) is 4.79 Å². The summed E-state index contributed by atoms with van der Waals surface area (Å²) >= 11 is 0. The molecule has 1 aromatic heterocycles. The van der Waals surface area contributed by atoms with E-state index in [1.807, 2.05) is 18.2 Å². The van der Waals surface area contributed by atoms with Crippen molar-refractivity contribution >= 4 is 28.7 Å². The van der Waals surface area contributed by atoms with Gasteiger partial charge in [-0.1, -0.05) is 78.9 Å². The molecule has 3 heterocycles. The minimum Gasteiger partial charge on any atom is -0.506 e. The van der Waals surface area contributed by atoms with E-state index < -0.39 is 23.6 Å². The Labute approximate surface area is 360 Å². The molecule has 14 heteroatoms. The fourth-order valence-corrected chi connectivity index (χ4v) is 8.30. The zero-order chi connectivity index (χ0) is 43.5. The summed E-state index contributed by atoms with van der Waals surface area (Å²) in [4.78, 5) is 58.1. The van der Waals surface area contributed by atoms with Crippen LogP contribution in [0, 0.1) is 11.8 Å². The molecule has 0 spiro atoms. The van der Waals surface area contributed by atoms with Crippen molar-refractivity contribution in [3.8, 4) is 11.5 Å². The first-order valence-corrected chi connectivity index (χ1v) is 21.3. The molecule has 2 atom stereocenters. The van der Waals surface area contributed by atoms with E-state index in [0.717, 1.165) is 45.3 Å². The summed E-state index contributed by atoms with van der Waals surface area (Å²) in [6.07, 6.45) is 2.39. The summed E-state index contributed by atoms with van der Waals surface area (Å²) in [5.74, 6) is -0.845. The maximum absolute atomic E-state index is 13.8. The van der Waals surface area contributed by atoms with Gasteiger partial charge in [0.05, 0.1) is 24.8 Å². The van der Waals surface area contributed by atoms with Crippen molar-refractivity contribution in [1.29, 1.82) is 0 Å². The number of nitrogens with one attached hydrogen (secondary N) is 3. The number of ether oxygens (including phenoxy) is 2. The Morgan fingerprint density at radius 1 is 0.823 bits per heavy atom. The zero-order valence-corrected chi connectivity index (χ0v) is 34.7. The summed E-state index contributed by atoms with van der Waals surface area (Å²) in [5.41, 5.74) is 0.249. The Balaban J connectivity index is 0.840. The Bertz CT molecular complexity index is 2340. The summed E-state index contributed by atoms with van der Waals surface area (Å²) in [7, 11) is 0. The molecule has 2 saturated heterocycles. The molecule has 2 fully saturated rings. The molecule has 2 amide bonds. The highest BCUT2D eigenvalue weighted by molar-refractivity contribution is 5.88. The van der Waals surface area contributed by atoms with Gasteiger partial charge in [0.1, 0.15) is 11.5 Å². The van der Waals surface area contributed by atoms with Gasteiger partial charge in [0.2, 0.25) is 17.1 Å². The van der Waals surface area contributed by atoms with E-state index in [-0.39, 0.29) is 72.2 Å². The first-order valence-electron chi connectivity index (χ1n) is 21.3. The van der Waals surface area contributed by atoms with Gasteiger partial charge in [0.15, 0.2) is 6.61 Å². The van der Waals surface area contributed by atoms with E-state index in [1.54, 1.807) is 65.6 Å². The van der Waals surface area contributed by atoms with E-state index in [2.05, 4.69) is 32.7 Å². The molecule has 0 unspecified atom stereocenters. The van der Waals surface area contributed by atoms with E-state index in [1.165, 1.54) is 23.8 Å². The molecule has 0 bridgehead atoms. The molecule has 326 valence electrons. The maximum Gasteiger partial charge on any atom is 0.347 e. The molecule has 4 aromatic carbocycles. The predicted octanol–water partition coefficient (Wildman–Crippen LogP) is 3.98. The van der Waals surface area contributed by atoms with E-state index >= 15 is 0 Å². The molecule has 6 N–H and O–H groups in total. The Morgan fingerprint density at radius 3 is 2.26 bits per heavy atom. The lowest BCUT2D eigenvalue weighted by atomic mass is 9.86. The molecule has 2 aliphatic heterocycles. The van der Waals surface area contributed by atoms with Gasteiger partial charge in [-0.15, -0.1) is 0 Å². The summed E-state index contributed by atoms with van der Waals surface area (Å²) in [6.45, 7) is 4.25. The van der Waals surface area contributed by atoms with Crippen molar-refractivity contribution in [1.82, 2.24) is 25.4 Å². The van der Waals surface area contributed by atoms with Gasteiger partial charge in [0, 0.05) is 43.2 Å². The zero-order valence-electron chi connectivity index (χ0n) is 34.7. The molecule has 0 radical (unpaired) electrons. The number of phenolic OH excluding ortho intramolecular Hbond substituents is 1. The van der Waals surface area contributed by atoms with Gasteiger partial charge >= 0.3 is 5.97 Å². The molecule has 14 nitrogen and oxygen atoms in total. The third-order valence-corrected chi connectivity index (χ3v) is 12.0. The quantitative estimate of drug-likeness (QED) is 0.0742. The van der Waals surface area contributed by atoms with Crippen molar-refractivity contribution in [2.45, 2.75) is 43.9 Å². The number of pyridine rings is 1. The topological polar surface area (TPSA) is 194 Å². The number of H-pyrrole nitrogens is 1. The number of fused-ring (bicyclic) bond motifs is 1. The number of hydrogen-bond donors (Lipinski definition) is 6. The molecule has 7 rings (SSSR count). The van der Waals surface area contributed by atoms with Crippen LogP contribution in [0.4, 0.5) is 0 Å². The summed E-state index contributed by atoms with van der Waals surface area (Å²) in [6, 6.07) is 31.4. The van der Waals surface area contributed by atoms with Gasteiger partial charge in [-0.2, -0.15) is 0 Å². The van der Waals surface area contributed by atoms with Gasteiger partial charge in [0.25, 0.3) is 5.91 Å². The predicted molar refractivity (Wildman–Crippen MR) is 233 cm³/mol. The second kappa shape index (κ2) is 20.7. The van der Waals surface area contributed by atoms with Crippen molar-refractivity contribution in [3.63, 3.8) is 0 Å². The summed E-state index contributed by atoms with van der Waals surface area (Å²) < 4.78 is 11.6. The molecule has 2 aliphatic rings. The lowest BCUT2D eigenvalue weighted by molar-refractivity contribution is -0.164. The second-order valence-corrected chi connectivity index (χ2v) is 16.3. The third kappa shape index (κ3) is 11.1. The van der Waals surface area contributed by atoms with Crippen LogP contribution >= 0.6 is 0 Å². The number of benzene rings is 4. The summed E-state index contributed by atoms with van der Waals surface area (Å²) in [5, 5.41) is 39.6. The number of amides is 2. The molecular weight excluding hydrogens is 791 g/mol. The number of carbonyl (C=O) groups excluding carboxylic acids is 3. The third-order valence-electron chi connectivity index (χ3n) is 12.0. The van der Waals surface area contributed by atoms with Crippen LogP contribution in [-0.2, 0) is 31.3 Å². The van der Waals surface area contributed by atoms with Gasteiger partial charge in [-0.3, -0.25) is 19.3 Å². The van der Waals surface area contributed by atoms with Crippen LogP contribution in [0.5, 0.6) is 11.5 Å². The van der Waals surface area contributed by atoms with E-state index in [0.29, 0.717) is 36.1 Å². The largest absolute Gasteiger partial charge is 0.506 e. The van der Waals surface area contributed by atoms with Crippen LogP contribution in [-0.4, -0.2) is 107 Å². The van der Waals surface area contributed by atoms with E-state index in [4.69, 9.17) is 9.47 Å². The number of rotatable bonds is 17. The van der Waals surface area contributed by atoms with Crippen LogP contribution in [0.15, 0.2) is 114 Å². The number of aromatic hydroxyl groups is 1. The van der Waals surface area contributed by atoms with Crippen molar-refractivity contribution in [2.24, 2.45) is 11.8 Å². The second-order valence-electron chi connectivity index (χ2n) is 16.3. The first-order chi connectivity index (χ1) is 30.1. The van der Waals surface area contributed by atoms with Crippen LogP contribution in [0.1, 0.15) is 54.0 Å². The van der Waals surface area contributed by atoms with Crippen LogP contribution in [0.3, 0.4) is 0 Å². The number of esters is 1. The molecule has 0 saturated carbocycles. The van der Waals surface area contributed by atoms with Crippen LogP contribution in [0.2, 0.25) is 0 Å². The highest BCUT2D eigenvalue weighted by Gasteiger charge is 2.42. The number of aliphatic hydroxyl groups is 2. The number of nitrogens with zero attached hydrogens (tertiary/aromatic N) is 2. The number of aliphatic hydroxyl groups excluding tert-OH is 1. The number of hydrogen-bond acceptors (Lipinski definition) is 11. The Hall–Kier alpha value is -6.06. The average molecular weight is 846 g/mol. The number of likely N-dealkylation sites (tertiary alicyclic amines) is 2. The molecular formula is C48H55N5O9. The minimum atomic E-state index is -2.12. The van der Waals surface area contributed by atoms with Gasteiger partial charge < -0.3 is 45.3 Å². The fraction of sp³-hybridized carbons (Fsp3) is 0.375. The molecule has 0 aliphatic carbocycles. The molecule has 5 aromatic rings. The fourth-order valence-electron chi connectivity index (χ4n) is 8.30. The van der Waals surface area contributed by atoms with E-state index in [9.17, 15) is 34.5 Å². The van der Waals surface area contributed by atoms with Crippen LogP contribution in [0.25, 0.3) is 10.9 Å². The standard InChI is InChI=1S/C48H55N5O9/c54-41-16-14-39(40-15-17-43(56)51-46(40)41)42(55)28-49-27-33-20-24-53(25-21-33)45(58)29-50-44(57)32-61-38-13-7-12-37(26-38)48(60,36-10-5-2-6-11-36)47(59)62-31-35-18-22-52(23-19-35)30-34-8-3-1-4-9-34/h1-17,26,33,35,42,49,54-55,60H,18-25,27-32H2,(H,50,57)(H,51,56)/t42-,48-/m0/s1. The van der Waals surface area contributed by atoms with Crippen molar-refractivity contribution in [2.75, 3.05) is 59.0 Å². The number of phenols is 1. The number of aromatic nitrogens is 1. The number of carbonyl (C=O) groups is 3. The van der Waals surface area contributed by atoms with Crippen molar-refractivity contribution in [3.05, 3.63) is 142 Å². The SMILES string of the molecule is O=C(COc1cccc([C@](O)(C(=O)OCC2CCN(Cc3ccccc3)CC2)c2ccccc2)c1)NCC(=O)N1CCC(CNC[C@H](O)c2ccc(O)c3[nH]c(=O)ccc23)CC1. The number of aromatic amines is 1. The Morgan fingerprint density at radius 2 is 1.52 bits per heavy atom.